The lowest BCUT2D eigenvalue weighted by atomic mass is 10.3. The van der Waals surface area contributed by atoms with Crippen LogP contribution in [0.25, 0.3) is 0 Å². The number of ether oxygens (including phenoxy) is 1. The first-order valence-corrected chi connectivity index (χ1v) is 8.07. The van der Waals surface area contributed by atoms with Crippen molar-refractivity contribution in [3.63, 3.8) is 0 Å². The maximum atomic E-state index is 12.3. The Morgan fingerprint density at radius 1 is 1.14 bits per heavy atom. The number of rotatable bonds is 4. The number of aromatic nitrogens is 1. The van der Waals surface area contributed by atoms with Gasteiger partial charge >= 0.3 is 6.61 Å². The maximum Gasteiger partial charge on any atom is 0.387 e. The molecule has 1 atom stereocenters. The lowest BCUT2D eigenvalue weighted by Gasteiger charge is -2.23. The molecule has 2 aromatic rings. The highest BCUT2D eigenvalue weighted by molar-refractivity contribution is 6.38. The van der Waals surface area contributed by atoms with Crippen molar-refractivity contribution in [3.8, 4) is 11.8 Å². The Morgan fingerprint density at radius 3 is 2.64 bits per heavy atom. The molecule has 10 heteroatoms. The molecular weight excluding hydrogens is 368 g/mol. The van der Waals surface area contributed by atoms with Crippen molar-refractivity contribution in [2.24, 2.45) is 15.1 Å². The van der Waals surface area contributed by atoms with Gasteiger partial charge in [-0.1, -0.05) is 4.59 Å². The summed E-state index contributed by atoms with van der Waals surface area (Å²) in [6, 6.07) is 11.3. The summed E-state index contributed by atoms with van der Waals surface area (Å²) in [5.74, 6) is 0.897. The number of guanidine groups is 1. The molecule has 0 fully saturated rings. The predicted molar refractivity (Wildman–Crippen MR) is 99.9 cm³/mol. The van der Waals surface area contributed by atoms with Crippen molar-refractivity contribution in [1.82, 2.24) is 9.58 Å². The molecule has 1 aromatic heterocycles. The minimum Gasteiger partial charge on any atom is -0.435 e. The van der Waals surface area contributed by atoms with E-state index in [1.807, 2.05) is 6.07 Å². The van der Waals surface area contributed by atoms with E-state index in [1.165, 1.54) is 12.1 Å². The molecule has 0 saturated carbocycles. The van der Waals surface area contributed by atoms with E-state index in [-0.39, 0.29) is 10.3 Å². The van der Waals surface area contributed by atoms with Crippen molar-refractivity contribution in [2.75, 3.05) is 5.32 Å². The van der Waals surface area contributed by atoms with E-state index in [0.717, 1.165) is 0 Å². The number of hydrogen-bond donors (Lipinski definition) is 1. The maximum absolute atomic E-state index is 12.3. The summed E-state index contributed by atoms with van der Waals surface area (Å²) in [5, 5.41) is 16.6. The summed E-state index contributed by atoms with van der Waals surface area (Å²) in [4.78, 5) is 12.6. The third-order valence-electron chi connectivity index (χ3n) is 3.97. The molecule has 2 aliphatic heterocycles. The molecule has 3 heterocycles. The molecular formula is C18H12F2N7O+. The van der Waals surface area contributed by atoms with Crippen LogP contribution in [0.3, 0.4) is 0 Å². The molecule has 28 heavy (non-hydrogen) atoms. The zero-order chi connectivity index (χ0) is 19.6. The Hall–Kier alpha value is -3.97. The van der Waals surface area contributed by atoms with Crippen LogP contribution in [-0.4, -0.2) is 29.6 Å². The number of anilines is 1. The van der Waals surface area contributed by atoms with Gasteiger partial charge in [-0.2, -0.15) is 19.0 Å². The number of aliphatic imine (C=N–C) groups is 2. The zero-order valence-electron chi connectivity index (χ0n) is 14.2. The second-order valence-corrected chi connectivity index (χ2v) is 5.70. The normalized spacial score (nSPS) is 19.6. The van der Waals surface area contributed by atoms with Crippen LogP contribution in [0.15, 0.2) is 70.1 Å². The molecule has 0 saturated heterocycles. The fourth-order valence-electron chi connectivity index (χ4n) is 2.71. The molecule has 138 valence electrons. The van der Waals surface area contributed by atoms with E-state index in [9.17, 15) is 8.78 Å². The van der Waals surface area contributed by atoms with E-state index in [4.69, 9.17) is 5.26 Å². The molecule has 8 nitrogen and oxygen atoms in total. The highest BCUT2D eigenvalue weighted by atomic mass is 19.3. The van der Waals surface area contributed by atoms with Gasteiger partial charge in [0.25, 0.3) is 11.8 Å². The second kappa shape index (κ2) is 6.98. The van der Waals surface area contributed by atoms with Gasteiger partial charge in [0, 0.05) is 11.8 Å². The SMILES string of the molecule is N#Cc1ccc([N+]23C=CN=CC2=NC(Nc2ccc(OC(F)F)cc2)=N3)cn1. The number of hydrogen-bond acceptors (Lipinski definition) is 7. The molecule has 0 bridgehead atoms. The third-order valence-corrected chi connectivity index (χ3v) is 3.97. The molecule has 2 aliphatic rings. The first-order chi connectivity index (χ1) is 13.6. The van der Waals surface area contributed by atoms with Crippen LogP contribution in [0.5, 0.6) is 5.75 Å². The molecule has 0 radical (unpaired) electrons. The quantitative estimate of drug-likeness (QED) is 0.824. The van der Waals surface area contributed by atoms with Gasteiger partial charge < -0.3 is 10.1 Å². The highest BCUT2D eigenvalue weighted by Crippen LogP contribution is 2.30. The molecule has 0 aliphatic carbocycles. The predicted octanol–water partition coefficient (Wildman–Crippen LogP) is 3.21. The minimum atomic E-state index is -2.88. The summed E-state index contributed by atoms with van der Waals surface area (Å²) < 4.78 is 28.7. The molecule has 0 amide bonds. The van der Waals surface area contributed by atoms with Crippen LogP contribution in [-0.2, 0) is 0 Å². The molecule has 0 spiro atoms. The topological polar surface area (TPSA) is 95.0 Å². The number of amidine groups is 1. The fraction of sp³-hybridized carbons (Fsp3) is 0.0556. The van der Waals surface area contributed by atoms with Gasteiger partial charge in [-0.15, -0.1) is 0 Å². The highest BCUT2D eigenvalue weighted by Gasteiger charge is 2.43. The average molecular weight is 380 g/mol. The summed E-state index contributed by atoms with van der Waals surface area (Å²) >= 11 is 0. The van der Waals surface area contributed by atoms with Gasteiger partial charge in [0.1, 0.15) is 23.7 Å². The number of fused-ring (bicyclic) bond motifs is 1. The summed E-state index contributed by atoms with van der Waals surface area (Å²) in [5.41, 5.74) is 1.57. The molecule has 1 aromatic carbocycles. The molecule has 4 rings (SSSR count). The Balaban J connectivity index is 1.62. The van der Waals surface area contributed by atoms with Gasteiger partial charge in [-0.3, -0.25) is 4.99 Å². The number of nitriles is 1. The van der Waals surface area contributed by atoms with Crippen molar-refractivity contribution >= 4 is 29.4 Å². The van der Waals surface area contributed by atoms with Gasteiger partial charge in [0.15, 0.2) is 11.9 Å². The van der Waals surface area contributed by atoms with Crippen LogP contribution >= 0.6 is 0 Å². The smallest absolute Gasteiger partial charge is 0.387 e. The largest absolute Gasteiger partial charge is 0.435 e. The van der Waals surface area contributed by atoms with E-state index in [2.05, 4.69) is 30.1 Å². The van der Waals surface area contributed by atoms with Crippen LogP contribution in [0.4, 0.5) is 20.2 Å². The van der Waals surface area contributed by atoms with E-state index >= 15 is 0 Å². The lowest BCUT2D eigenvalue weighted by molar-refractivity contribution is -0.0498. The minimum absolute atomic E-state index is 0.0554. The number of nitrogens with one attached hydrogen (secondary N) is 1. The van der Waals surface area contributed by atoms with Crippen molar-refractivity contribution in [2.45, 2.75) is 6.61 Å². The lowest BCUT2D eigenvalue weighted by Crippen LogP contribution is -2.44. The fourth-order valence-corrected chi connectivity index (χ4v) is 2.71. The molecule has 1 unspecified atom stereocenters. The Labute approximate surface area is 158 Å². The van der Waals surface area contributed by atoms with Crippen LogP contribution in [0.1, 0.15) is 5.69 Å². The van der Waals surface area contributed by atoms with E-state index in [1.54, 1.807) is 49.1 Å². The number of pyridine rings is 1. The van der Waals surface area contributed by atoms with Crippen molar-refractivity contribution < 1.29 is 13.5 Å². The monoisotopic (exact) mass is 380 g/mol. The number of halogens is 2. The first-order valence-electron chi connectivity index (χ1n) is 8.07. The van der Waals surface area contributed by atoms with Gasteiger partial charge in [0.2, 0.25) is 0 Å². The Morgan fingerprint density at radius 2 is 1.96 bits per heavy atom. The van der Waals surface area contributed by atoms with Crippen molar-refractivity contribution in [3.05, 3.63) is 60.7 Å². The Kier molecular flexibility index (Phi) is 4.35. The van der Waals surface area contributed by atoms with Crippen LogP contribution in [0.2, 0.25) is 0 Å². The number of nitrogens with zero attached hydrogens (tertiary/aromatic N) is 6. The average Bonchev–Trinajstić information content (AvgIpc) is 3.08. The number of alkyl halides is 2. The second-order valence-electron chi connectivity index (χ2n) is 5.70. The van der Waals surface area contributed by atoms with Gasteiger partial charge in [-0.05, 0) is 35.4 Å². The first kappa shape index (κ1) is 17.4. The number of quaternary nitrogens is 1. The van der Waals surface area contributed by atoms with Gasteiger partial charge in [0.05, 0.1) is 12.4 Å². The van der Waals surface area contributed by atoms with Crippen LogP contribution in [0, 0.1) is 11.3 Å². The van der Waals surface area contributed by atoms with Gasteiger partial charge in [-0.25, -0.2) is 4.98 Å². The number of benzene rings is 1. The third kappa shape index (κ3) is 3.22. The zero-order valence-corrected chi connectivity index (χ0v) is 14.2. The summed E-state index contributed by atoms with van der Waals surface area (Å²) in [6.45, 7) is -2.88. The van der Waals surface area contributed by atoms with Crippen LogP contribution < -0.4 is 14.6 Å². The van der Waals surface area contributed by atoms with E-state index < -0.39 is 6.61 Å². The molecule has 1 N–H and O–H groups in total. The summed E-state index contributed by atoms with van der Waals surface area (Å²) in [6.07, 6.45) is 6.47. The Bertz CT molecular complexity index is 1050. The van der Waals surface area contributed by atoms with Crippen molar-refractivity contribution in [1.29, 1.82) is 5.26 Å². The summed E-state index contributed by atoms with van der Waals surface area (Å²) in [7, 11) is 0. The standard InChI is InChI=1S/C18H12F2N7O/c19-17(20)28-15-5-2-12(3-6-15)24-18-25-16-11-22-7-8-27(16,26-18)14-4-1-13(9-21)23-10-14/h1-8,10-11,17H,(H,24,26)/q+1. The van der Waals surface area contributed by atoms with E-state index in [0.29, 0.717) is 28.9 Å².